The van der Waals surface area contributed by atoms with Crippen LogP contribution in [0.3, 0.4) is 0 Å². The molecule has 3 aromatic rings. The fourth-order valence-electron chi connectivity index (χ4n) is 4.22. The average Bonchev–Trinajstić information content (AvgIpc) is 3.46. The lowest BCUT2D eigenvalue weighted by Gasteiger charge is -2.16. The van der Waals surface area contributed by atoms with Gasteiger partial charge >= 0.3 is 0 Å². The van der Waals surface area contributed by atoms with E-state index in [0.29, 0.717) is 18.6 Å². The third-order valence-electron chi connectivity index (χ3n) is 5.86. The van der Waals surface area contributed by atoms with Gasteiger partial charge in [0.25, 0.3) is 0 Å². The number of ether oxygens (including phenoxy) is 1. The van der Waals surface area contributed by atoms with Crippen LogP contribution in [0.5, 0.6) is 5.75 Å². The second kappa shape index (κ2) is 7.85. The van der Waals surface area contributed by atoms with Gasteiger partial charge in [0, 0.05) is 37.1 Å². The number of benzene rings is 1. The van der Waals surface area contributed by atoms with Crippen molar-refractivity contribution >= 4 is 28.6 Å². The van der Waals surface area contributed by atoms with Crippen LogP contribution in [0.1, 0.15) is 36.8 Å². The number of hydrogen-bond acceptors (Lipinski definition) is 7. The summed E-state index contributed by atoms with van der Waals surface area (Å²) >= 11 is 0. The summed E-state index contributed by atoms with van der Waals surface area (Å²) in [6.45, 7) is 3.93. The Morgan fingerprint density at radius 1 is 1.22 bits per heavy atom. The van der Waals surface area contributed by atoms with Crippen molar-refractivity contribution in [3.63, 3.8) is 0 Å². The SMILES string of the molecule is COc1c(Nc2cc(CC(=O)C3CC3)nc3c2N=C(C)C3)cccc1-c1nn(C)nc1C. The number of pyridine rings is 1. The van der Waals surface area contributed by atoms with Crippen LogP contribution in [0.4, 0.5) is 17.1 Å². The molecule has 32 heavy (non-hydrogen) atoms. The Kier molecular flexibility index (Phi) is 5.00. The summed E-state index contributed by atoms with van der Waals surface area (Å²) in [4.78, 5) is 23.4. The second-order valence-corrected chi connectivity index (χ2v) is 8.53. The third kappa shape index (κ3) is 3.77. The van der Waals surface area contributed by atoms with Gasteiger partial charge in [0.2, 0.25) is 0 Å². The largest absolute Gasteiger partial charge is 0.494 e. The number of fused-ring (bicyclic) bond motifs is 1. The Labute approximate surface area is 186 Å². The van der Waals surface area contributed by atoms with E-state index < -0.39 is 0 Å². The normalized spacial score (nSPS) is 14.8. The molecule has 2 aromatic heterocycles. The smallest absolute Gasteiger partial charge is 0.151 e. The van der Waals surface area contributed by atoms with Gasteiger partial charge in [-0.3, -0.25) is 14.8 Å². The van der Waals surface area contributed by atoms with Gasteiger partial charge in [0.1, 0.15) is 17.2 Å². The van der Waals surface area contributed by atoms with Gasteiger partial charge in [-0.15, -0.1) is 0 Å². The summed E-state index contributed by atoms with van der Waals surface area (Å²) in [5, 5.41) is 12.4. The predicted molar refractivity (Wildman–Crippen MR) is 123 cm³/mol. The molecule has 0 saturated heterocycles. The van der Waals surface area contributed by atoms with Crippen LogP contribution in [0.2, 0.25) is 0 Å². The Bertz CT molecular complexity index is 1260. The maximum absolute atomic E-state index is 12.4. The van der Waals surface area contributed by atoms with Crippen LogP contribution in [0.25, 0.3) is 11.3 Å². The van der Waals surface area contributed by atoms with E-state index >= 15 is 0 Å². The molecule has 164 valence electrons. The molecular formula is C24H26N6O2. The Morgan fingerprint density at radius 3 is 2.72 bits per heavy atom. The first-order valence-electron chi connectivity index (χ1n) is 10.8. The number of methoxy groups -OCH3 is 1. The predicted octanol–water partition coefficient (Wildman–Crippen LogP) is 4.11. The fraction of sp³-hybridized carbons (Fsp3) is 0.375. The number of carbonyl (C=O) groups is 1. The van der Waals surface area contributed by atoms with E-state index in [1.807, 2.05) is 38.1 Å². The van der Waals surface area contributed by atoms with Gasteiger partial charge in [-0.05, 0) is 44.9 Å². The first-order valence-corrected chi connectivity index (χ1v) is 10.8. The number of rotatable bonds is 7. The molecule has 1 aromatic carbocycles. The van der Waals surface area contributed by atoms with Gasteiger partial charge in [0.05, 0.1) is 35.6 Å². The molecule has 0 unspecified atom stereocenters. The quantitative estimate of drug-likeness (QED) is 0.606. The molecule has 8 nitrogen and oxygen atoms in total. The number of para-hydroxylation sites is 1. The maximum Gasteiger partial charge on any atom is 0.151 e. The summed E-state index contributed by atoms with van der Waals surface area (Å²) in [6, 6.07) is 7.84. The first-order chi connectivity index (χ1) is 15.4. The second-order valence-electron chi connectivity index (χ2n) is 8.53. The highest BCUT2D eigenvalue weighted by Gasteiger charge is 2.30. The third-order valence-corrected chi connectivity index (χ3v) is 5.86. The van der Waals surface area contributed by atoms with Crippen molar-refractivity contribution in [3.05, 3.63) is 41.3 Å². The van der Waals surface area contributed by atoms with Gasteiger partial charge in [-0.25, -0.2) is 0 Å². The number of anilines is 2. The number of aryl methyl sites for hydroxylation is 2. The number of carbonyl (C=O) groups excluding carboxylic acids is 1. The van der Waals surface area contributed by atoms with Crippen molar-refractivity contribution in [3.8, 4) is 17.0 Å². The molecule has 1 aliphatic carbocycles. The van der Waals surface area contributed by atoms with Crippen molar-refractivity contribution in [1.82, 2.24) is 20.0 Å². The summed E-state index contributed by atoms with van der Waals surface area (Å²) in [5.74, 6) is 1.17. The van der Waals surface area contributed by atoms with E-state index in [4.69, 9.17) is 14.7 Å². The van der Waals surface area contributed by atoms with Gasteiger partial charge in [-0.2, -0.15) is 15.0 Å². The Morgan fingerprint density at radius 2 is 2.03 bits per heavy atom. The van der Waals surface area contributed by atoms with E-state index in [1.54, 1.807) is 19.0 Å². The monoisotopic (exact) mass is 430 g/mol. The van der Waals surface area contributed by atoms with Crippen molar-refractivity contribution in [2.45, 2.75) is 39.5 Å². The van der Waals surface area contributed by atoms with Crippen LogP contribution < -0.4 is 10.1 Å². The van der Waals surface area contributed by atoms with E-state index in [2.05, 4.69) is 15.5 Å². The van der Waals surface area contributed by atoms with Crippen LogP contribution in [0, 0.1) is 12.8 Å². The van der Waals surface area contributed by atoms with Crippen molar-refractivity contribution in [2.24, 2.45) is 18.0 Å². The highest BCUT2D eigenvalue weighted by atomic mass is 16.5. The van der Waals surface area contributed by atoms with Gasteiger partial charge < -0.3 is 10.1 Å². The zero-order chi connectivity index (χ0) is 22.4. The molecule has 2 aliphatic rings. The highest BCUT2D eigenvalue weighted by molar-refractivity contribution is 5.96. The number of aliphatic imine (C=N–C) groups is 1. The molecule has 1 saturated carbocycles. The first kappa shape index (κ1) is 20.4. The van der Waals surface area contributed by atoms with Gasteiger partial charge in [0.15, 0.2) is 5.75 Å². The average molecular weight is 431 g/mol. The molecule has 0 radical (unpaired) electrons. The molecule has 0 atom stereocenters. The zero-order valence-corrected chi connectivity index (χ0v) is 18.8. The standard InChI is InChI=1S/C24H26N6O2/c1-13-10-19-23(25-13)20(11-16(26-19)12-21(31)15-8-9-15)27-18-7-5-6-17(24(18)32-4)22-14(2)28-30(3)29-22/h5-7,11,15H,8-10,12H2,1-4H3,(H,26,27). The number of nitrogens with zero attached hydrogens (tertiary/aromatic N) is 5. The van der Waals surface area contributed by atoms with Crippen LogP contribution in [-0.2, 0) is 24.7 Å². The van der Waals surface area contributed by atoms with Crippen molar-refractivity contribution < 1.29 is 9.53 Å². The topological polar surface area (TPSA) is 94.3 Å². The maximum atomic E-state index is 12.4. The van der Waals surface area contributed by atoms with Crippen molar-refractivity contribution in [1.29, 1.82) is 0 Å². The number of nitrogens with one attached hydrogen (secondary N) is 1. The molecule has 1 aliphatic heterocycles. The van der Waals surface area contributed by atoms with Crippen LogP contribution in [0.15, 0.2) is 29.3 Å². The summed E-state index contributed by atoms with van der Waals surface area (Å²) in [5.41, 5.74) is 7.62. The molecule has 8 heteroatoms. The van der Waals surface area contributed by atoms with E-state index in [1.165, 1.54) is 0 Å². The molecule has 3 heterocycles. The minimum Gasteiger partial charge on any atom is -0.494 e. The molecule has 5 rings (SSSR count). The Balaban J connectivity index is 1.55. The highest BCUT2D eigenvalue weighted by Crippen LogP contribution is 2.42. The lowest BCUT2D eigenvalue weighted by Crippen LogP contribution is -2.08. The summed E-state index contributed by atoms with van der Waals surface area (Å²) in [6.07, 6.45) is 3.07. The van der Waals surface area contributed by atoms with E-state index in [9.17, 15) is 4.79 Å². The minimum absolute atomic E-state index is 0.214. The summed E-state index contributed by atoms with van der Waals surface area (Å²) < 4.78 is 5.80. The van der Waals surface area contributed by atoms with Gasteiger partial charge in [-0.1, -0.05) is 6.07 Å². The number of ketones is 1. The minimum atomic E-state index is 0.214. The van der Waals surface area contributed by atoms with Crippen LogP contribution in [-0.4, -0.2) is 38.6 Å². The lowest BCUT2D eigenvalue weighted by atomic mass is 10.1. The number of hydrogen-bond donors (Lipinski definition) is 1. The van der Waals surface area contributed by atoms with E-state index in [-0.39, 0.29) is 11.7 Å². The molecular weight excluding hydrogens is 404 g/mol. The number of aromatic nitrogens is 4. The summed E-state index contributed by atoms with van der Waals surface area (Å²) in [7, 11) is 3.45. The Hall–Kier alpha value is -3.55. The fourth-order valence-corrected chi connectivity index (χ4v) is 4.22. The molecule has 1 fully saturated rings. The number of Topliss-reactive ketones (excluding diaryl/α,β-unsaturated/α-hetero) is 1. The molecule has 0 spiro atoms. The molecule has 0 bridgehead atoms. The van der Waals surface area contributed by atoms with Crippen LogP contribution >= 0.6 is 0 Å². The van der Waals surface area contributed by atoms with Crippen molar-refractivity contribution in [2.75, 3.05) is 12.4 Å². The lowest BCUT2D eigenvalue weighted by molar-refractivity contribution is -0.119. The molecule has 1 N–H and O–H groups in total. The molecule has 0 amide bonds. The zero-order valence-electron chi connectivity index (χ0n) is 18.8. The van der Waals surface area contributed by atoms with E-state index in [0.717, 1.165) is 64.0 Å².